The van der Waals surface area contributed by atoms with Crippen LogP contribution < -0.4 is 5.73 Å². The average molecular weight is 243 g/mol. The Morgan fingerprint density at radius 1 is 1.18 bits per heavy atom. The number of benzene rings is 1. The van der Waals surface area contributed by atoms with E-state index < -0.39 is 11.7 Å². The number of anilines is 1. The van der Waals surface area contributed by atoms with Crippen molar-refractivity contribution in [2.45, 2.75) is 33.9 Å². The van der Waals surface area contributed by atoms with E-state index in [9.17, 15) is 13.2 Å². The highest BCUT2D eigenvalue weighted by Gasteiger charge is 2.35. The summed E-state index contributed by atoms with van der Waals surface area (Å²) in [7, 11) is 0. The molecule has 0 saturated heterocycles. The van der Waals surface area contributed by atoms with E-state index in [0.29, 0.717) is 5.69 Å². The molecule has 0 aliphatic heterocycles. The van der Waals surface area contributed by atoms with Gasteiger partial charge in [0.15, 0.2) is 0 Å². The Hall–Kier alpha value is -1.63. The maximum absolute atomic E-state index is 12.7. The van der Waals surface area contributed by atoms with Gasteiger partial charge in [-0.15, -0.1) is 5.92 Å². The van der Waals surface area contributed by atoms with Crippen molar-refractivity contribution in [2.24, 2.45) is 0 Å². The molecule has 0 fully saturated rings. The van der Waals surface area contributed by atoms with E-state index in [1.54, 1.807) is 0 Å². The van der Waals surface area contributed by atoms with E-state index in [-0.39, 0.29) is 11.1 Å². The first-order valence-electron chi connectivity index (χ1n) is 5.26. The van der Waals surface area contributed by atoms with Gasteiger partial charge in [0.2, 0.25) is 0 Å². The van der Waals surface area contributed by atoms with Crippen LogP contribution in [0.25, 0.3) is 0 Å². The number of alkyl halides is 3. The Labute approximate surface area is 99.8 Å². The molecule has 1 aromatic carbocycles. The lowest BCUT2D eigenvalue weighted by Crippen LogP contribution is -2.11. The zero-order valence-corrected chi connectivity index (χ0v) is 10.4. The van der Waals surface area contributed by atoms with Gasteiger partial charge in [0.1, 0.15) is 0 Å². The van der Waals surface area contributed by atoms with Gasteiger partial charge in [0, 0.05) is 11.3 Å². The minimum Gasteiger partial charge on any atom is -0.399 e. The standard InChI is InChI=1S/C11H10F3N.C2H6/c1-3-4-8-6-9(15)5-7(2)10(8)11(12,13)14;1-2/h5-6H,15H2,1-2H3;1-2H3. The molecule has 0 heterocycles. The van der Waals surface area contributed by atoms with E-state index in [0.717, 1.165) is 0 Å². The smallest absolute Gasteiger partial charge is 0.399 e. The van der Waals surface area contributed by atoms with Crippen LogP contribution in [0.4, 0.5) is 18.9 Å². The average Bonchev–Trinajstić information content (AvgIpc) is 2.17. The highest BCUT2D eigenvalue weighted by molar-refractivity contribution is 5.56. The largest absolute Gasteiger partial charge is 0.417 e. The van der Waals surface area contributed by atoms with Crippen molar-refractivity contribution in [3.05, 3.63) is 28.8 Å². The van der Waals surface area contributed by atoms with Crippen LogP contribution in [0, 0.1) is 18.8 Å². The summed E-state index contributed by atoms with van der Waals surface area (Å²) in [5.41, 5.74) is 5.08. The quantitative estimate of drug-likeness (QED) is 0.541. The van der Waals surface area contributed by atoms with Gasteiger partial charge in [0.25, 0.3) is 0 Å². The predicted octanol–water partition coefficient (Wildman–Crippen LogP) is 3.99. The van der Waals surface area contributed by atoms with Crippen LogP contribution in [0.5, 0.6) is 0 Å². The number of nitrogens with two attached hydrogens (primary N) is 1. The molecule has 0 spiro atoms. The third-order valence-corrected chi connectivity index (χ3v) is 1.90. The summed E-state index contributed by atoms with van der Waals surface area (Å²) in [5, 5.41) is 0. The van der Waals surface area contributed by atoms with Gasteiger partial charge in [-0.25, -0.2) is 0 Å². The van der Waals surface area contributed by atoms with Crippen LogP contribution in [0.1, 0.15) is 37.5 Å². The SMILES string of the molecule is CC.CC#Cc1cc(N)cc(C)c1C(F)(F)F. The minimum absolute atomic E-state index is 0.0671. The third kappa shape index (κ3) is 4.03. The van der Waals surface area contributed by atoms with Gasteiger partial charge in [-0.05, 0) is 31.5 Å². The number of hydrogen-bond acceptors (Lipinski definition) is 1. The first kappa shape index (κ1) is 15.4. The van der Waals surface area contributed by atoms with Crippen LogP contribution >= 0.6 is 0 Å². The molecule has 0 aliphatic carbocycles. The fourth-order valence-electron chi connectivity index (χ4n) is 1.42. The Kier molecular flexibility index (Phi) is 5.60. The molecule has 0 aromatic heterocycles. The number of nitrogen functional groups attached to an aromatic ring is 1. The molecule has 0 atom stereocenters. The Bertz CT molecular complexity index is 436. The molecule has 0 bridgehead atoms. The molecule has 17 heavy (non-hydrogen) atoms. The van der Waals surface area contributed by atoms with Gasteiger partial charge in [-0.2, -0.15) is 13.2 Å². The lowest BCUT2D eigenvalue weighted by Gasteiger charge is -2.13. The lowest BCUT2D eigenvalue weighted by atomic mass is 10.0. The molecule has 0 aliphatic rings. The van der Waals surface area contributed by atoms with Crippen molar-refractivity contribution >= 4 is 5.69 Å². The van der Waals surface area contributed by atoms with Crippen molar-refractivity contribution in [1.29, 1.82) is 0 Å². The molecule has 2 N–H and O–H groups in total. The summed E-state index contributed by atoms with van der Waals surface area (Å²) < 4.78 is 38.0. The molecule has 94 valence electrons. The third-order valence-electron chi connectivity index (χ3n) is 1.90. The second kappa shape index (κ2) is 6.19. The van der Waals surface area contributed by atoms with Crippen molar-refractivity contribution in [3.8, 4) is 11.8 Å². The number of rotatable bonds is 0. The monoisotopic (exact) mass is 243 g/mol. The van der Waals surface area contributed by atoms with Crippen LogP contribution in [0.3, 0.4) is 0 Å². The van der Waals surface area contributed by atoms with Crippen LogP contribution in [-0.4, -0.2) is 0 Å². The van der Waals surface area contributed by atoms with Crippen molar-refractivity contribution in [2.75, 3.05) is 5.73 Å². The molecule has 0 amide bonds. The van der Waals surface area contributed by atoms with Crippen molar-refractivity contribution in [3.63, 3.8) is 0 Å². The van der Waals surface area contributed by atoms with E-state index in [1.807, 2.05) is 13.8 Å². The number of hydrogen-bond donors (Lipinski definition) is 1. The highest BCUT2D eigenvalue weighted by atomic mass is 19.4. The minimum atomic E-state index is -4.39. The summed E-state index contributed by atoms with van der Waals surface area (Å²) in [5.74, 6) is 4.86. The molecule has 0 saturated carbocycles. The number of halogens is 3. The molecule has 0 unspecified atom stereocenters. The molecular weight excluding hydrogens is 227 g/mol. The molecular formula is C13H16F3N. The van der Waals surface area contributed by atoms with E-state index in [2.05, 4.69) is 11.8 Å². The molecule has 1 aromatic rings. The first-order valence-corrected chi connectivity index (χ1v) is 5.26. The maximum atomic E-state index is 12.7. The van der Waals surface area contributed by atoms with Gasteiger partial charge in [-0.1, -0.05) is 19.8 Å². The lowest BCUT2D eigenvalue weighted by molar-refractivity contribution is -0.138. The summed E-state index contributed by atoms with van der Waals surface area (Å²) in [6, 6.07) is 2.54. The fraction of sp³-hybridized carbons (Fsp3) is 0.385. The molecule has 1 rings (SSSR count). The first-order chi connectivity index (χ1) is 7.86. The molecule has 0 radical (unpaired) electrons. The van der Waals surface area contributed by atoms with E-state index >= 15 is 0 Å². The van der Waals surface area contributed by atoms with Crippen LogP contribution in [-0.2, 0) is 6.18 Å². The summed E-state index contributed by atoms with van der Waals surface area (Å²) in [6.07, 6.45) is -4.39. The Balaban J connectivity index is 0.00000121. The topological polar surface area (TPSA) is 26.0 Å². The molecule has 1 nitrogen and oxygen atoms in total. The highest BCUT2D eigenvalue weighted by Crippen LogP contribution is 2.35. The number of aryl methyl sites for hydroxylation is 1. The summed E-state index contributed by atoms with van der Waals surface area (Å²) in [4.78, 5) is 0. The summed E-state index contributed by atoms with van der Waals surface area (Å²) in [6.45, 7) is 6.86. The second-order valence-electron chi connectivity index (χ2n) is 3.13. The van der Waals surface area contributed by atoms with Crippen molar-refractivity contribution < 1.29 is 13.2 Å². The maximum Gasteiger partial charge on any atom is 0.417 e. The van der Waals surface area contributed by atoms with Gasteiger partial charge >= 0.3 is 6.18 Å². The fourth-order valence-corrected chi connectivity index (χ4v) is 1.42. The van der Waals surface area contributed by atoms with Crippen LogP contribution in [0.2, 0.25) is 0 Å². The molecule has 4 heteroatoms. The van der Waals surface area contributed by atoms with E-state index in [1.165, 1.54) is 26.0 Å². The van der Waals surface area contributed by atoms with Gasteiger partial charge in [-0.3, -0.25) is 0 Å². The van der Waals surface area contributed by atoms with Crippen molar-refractivity contribution in [1.82, 2.24) is 0 Å². The zero-order valence-electron chi connectivity index (χ0n) is 10.4. The normalized spacial score (nSPS) is 9.82. The second-order valence-corrected chi connectivity index (χ2v) is 3.13. The van der Waals surface area contributed by atoms with E-state index in [4.69, 9.17) is 5.73 Å². The van der Waals surface area contributed by atoms with Gasteiger partial charge < -0.3 is 5.73 Å². The summed E-state index contributed by atoms with van der Waals surface area (Å²) >= 11 is 0. The zero-order chi connectivity index (χ0) is 13.6. The predicted molar refractivity (Wildman–Crippen MR) is 64.5 cm³/mol. The van der Waals surface area contributed by atoms with Crippen LogP contribution in [0.15, 0.2) is 12.1 Å². The Morgan fingerprint density at radius 3 is 2.12 bits per heavy atom. The van der Waals surface area contributed by atoms with Gasteiger partial charge in [0.05, 0.1) is 5.56 Å². The Morgan fingerprint density at radius 2 is 1.71 bits per heavy atom.